The number of benzene rings is 2. The van der Waals surface area contributed by atoms with Crippen molar-refractivity contribution in [1.82, 2.24) is 5.32 Å². The van der Waals surface area contributed by atoms with Gasteiger partial charge in [-0.2, -0.15) is 0 Å². The van der Waals surface area contributed by atoms with Crippen molar-refractivity contribution in [3.63, 3.8) is 0 Å². The van der Waals surface area contributed by atoms with Crippen LogP contribution in [0.25, 0.3) is 0 Å². The average Bonchev–Trinajstić information content (AvgIpc) is 2.70. The maximum Gasteiger partial charge on any atom is 0.253 e. The molecule has 1 aliphatic rings. The Balaban J connectivity index is 1.50. The standard InChI is InChI=1S/C22H26N2O4/c1-3-27-19-10-6-17(7-11-19)12-21(25)23-13-20-14-24(22(26)15-28-20)18-8-4-16(2)5-9-18/h4-11,20H,3,12-15H2,1-2H3,(H,23,25). The first kappa shape index (κ1) is 19.9. The van der Waals surface area contributed by atoms with Crippen molar-refractivity contribution in [2.75, 3.05) is 31.2 Å². The molecule has 1 fully saturated rings. The fourth-order valence-electron chi connectivity index (χ4n) is 3.07. The van der Waals surface area contributed by atoms with E-state index in [4.69, 9.17) is 9.47 Å². The van der Waals surface area contributed by atoms with Crippen molar-refractivity contribution in [2.45, 2.75) is 26.4 Å². The van der Waals surface area contributed by atoms with Crippen LogP contribution >= 0.6 is 0 Å². The Hall–Kier alpha value is -2.86. The van der Waals surface area contributed by atoms with Gasteiger partial charge in [0.05, 0.1) is 25.7 Å². The van der Waals surface area contributed by atoms with E-state index in [1.165, 1.54) is 0 Å². The molecule has 6 nitrogen and oxygen atoms in total. The van der Waals surface area contributed by atoms with Crippen LogP contribution in [-0.2, 0) is 20.7 Å². The van der Waals surface area contributed by atoms with Gasteiger partial charge in [0.2, 0.25) is 5.91 Å². The molecule has 0 bridgehead atoms. The molecule has 1 unspecified atom stereocenters. The van der Waals surface area contributed by atoms with E-state index in [1.54, 1.807) is 4.90 Å². The van der Waals surface area contributed by atoms with E-state index in [0.29, 0.717) is 26.1 Å². The Labute approximate surface area is 165 Å². The number of carbonyl (C=O) groups excluding carboxylic acids is 2. The quantitative estimate of drug-likeness (QED) is 0.799. The number of anilines is 1. The first-order chi connectivity index (χ1) is 13.5. The largest absolute Gasteiger partial charge is 0.494 e. The first-order valence-corrected chi connectivity index (χ1v) is 9.52. The van der Waals surface area contributed by atoms with Crippen LogP contribution < -0.4 is 15.0 Å². The van der Waals surface area contributed by atoms with E-state index in [0.717, 1.165) is 22.6 Å². The van der Waals surface area contributed by atoms with E-state index >= 15 is 0 Å². The lowest BCUT2D eigenvalue weighted by molar-refractivity contribution is -0.129. The molecular weight excluding hydrogens is 356 g/mol. The average molecular weight is 382 g/mol. The number of ether oxygens (including phenoxy) is 2. The number of nitrogens with one attached hydrogen (secondary N) is 1. The van der Waals surface area contributed by atoms with Crippen LogP contribution in [0, 0.1) is 6.92 Å². The van der Waals surface area contributed by atoms with Gasteiger partial charge in [0, 0.05) is 12.2 Å². The lowest BCUT2D eigenvalue weighted by Crippen LogP contribution is -2.50. The van der Waals surface area contributed by atoms with Gasteiger partial charge in [0.1, 0.15) is 12.4 Å². The number of aryl methyl sites for hydroxylation is 1. The van der Waals surface area contributed by atoms with Crippen LogP contribution in [0.4, 0.5) is 5.69 Å². The number of carbonyl (C=O) groups is 2. The third-order valence-corrected chi connectivity index (χ3v) is 4.60. The van der Waals surface area contributed by atoms with E-state index in [9.17, 15) is 9.59 Å². The summed E-state index contributed by atoms with van der Waals surface area (Å²) in [6, 6.07) is 15.3. The minimum absolute atomic E-state index is 0.0211. The predicted molar refractivity (Wildman–Crippen MR) is 108 cm³/mol. The van der Waals surface area contributed by atoms with E-state index in [1.807, 2.05) is 62.4 Å². The number of rotatable bonds is 7. The van der Waals surface area contributed by atoms with Crippen LogP contribution in [0.1, 0.15) is 18.1 Å². The molecule has 1 atom stereocenters. The van der Waals surface area contributed by atoms with Crippen LogP contribution in [0.3, 0.4) is 0 Å². The molecular formula is C22H26N2O4. The topological polar surface area (TPSA) is 67.9 Å². The Kier molecular flexibility index (Phi) is 6.66. The molecule has 2 aromatic rings. The molecule has 0 saturated carbocycles. The number of hydrogen-bond acceptors (Lipinski definition) is 4. The number of morpholine rings is 1. The van der Waals surface area contributed by atoms with Crippen molar-refractivity contribution in [3.05, 3.63) is 59.7 Å². The lowest BCUT2D eigenvalue weighted by atomic mass is 10.1. The predicted octanol–water partition coefficient (Wildman–Crippen LogP) is 2.48. The summed E-state index contributed by atoms with van der Waals surface area (Å²) in [5.74, 6) is 0.649. The summed E-state index contributed by atoms with van der Waals surface area (Å²) in [6.07, 6.45) is 0.0583. The van der Waals surface area contributed by atoms with E-state index < -0.39 is 0 Å². The summed E-state index contributed by atoms with van der Waals surface area (Å²) in [5, 5.41) is 2.90. The Morgan fingerprint density at radius 2 is 1.89 bits per heavy atom. The molecule has 2 amide bonds. The third-order valence-electron chi connectivity index (χ3n) is 4.60. The molecule has 0 spiro atoms. The Morgan fingerprint density at radius 1 is 1.18 bits per heavy atom. The molecule has 1 saturated heterocycles. The van der Waals surface area contributed by atoms with Gasteiger partial charge in [-0.15, -0.1) is 0 Å². The zero-order valence-electron chi connectivity index (χ0n) is 16.3. The fourth-order valence-corrected chi connectivity index (χ4v) is 3.07. The minimum atomic E-state index is -0.233. The second kappa shape index (κ2) is 9.37. The van der Waals surface area contributed by atoms with Gasteiger partial charge in [0.15, 0.2) is 0 Å². The van der Waals surface area contributed by atoms with Crippen molar-refractivity contribution in [1.29, 1.82) is 0 Å². The summed E-state index contributed by atoms with van der Waals surface area (Å²) in [7, 11) is 0. The highest BCUT2D eigenvalue weighted by molar-refractivity contribution is 5.95. The SMILES string of the molecule is CCOc1ccc(CC(=O)NCC2CN(c3ccc(C)cc3)C(=O)CO2)cc1. The van der Waals surface area contributed by atoms with Crippen LogP contribution in [-0.4, -0.2) is 44.2 Å². The van der Waals surface area contributed by atoms with Gasteiger partial charge in [-0.05, 0) is 43.7 Å². The maximum atomic E-state index is 12.2. The van der Waals surface area contributed by atoms with Crippen molar-refractivity contribution in [2.24, 2.45) is 0 Å². The van der Waals surface area contributed by atoms with Crippen LogP contribution in [0.5, 0.6) is 5.75 Å². The van der Waals surface area contributed by atoms with Gasteiger partial charge >= 0.3 is 0 Å². The van der Waals surface area contributed by atoms with Gasteiger partial charge in [-0.25, -0.2) is 0 Å². The molecule has 28 heavy (non-hydrogen) atoms. The molecule has 3 rings (SSSR count). The maximum absolute atomic E-state index is 12.2. The zero-order valence-corrected chi connectivity index (χ0v) is 16.3. The van der Waals surface area contributed by atoms with Crippen LogP contribution in [0.15, 0.2) is 48.5 Å². The summed E-state index contributed by atoms with van der Waals surface area (Å²) in [4.78, 5) is 26.1. The second-order valence-corrected chi connectivity index (χ2v) is 6.83. The van der Waals surface area contributed by atoms with E-state index in [-0.39, 0.29) is 24.5 Å². The zero-order chi connectivity index (χ0) is 19.9. The molecule has 0 radical (unpaired) electrons. The number of amides is 2. The number of hydrogen-bond donors (Lipinski definition) is 1. The molecule has 2 aromatic carbocycles. The van der Waals surface area contributed by atoms with Crippen molar-refractivity contribution in [3.8, 4) is 5.75 Å². The summed E-state index contributed by atoms with van der Waals surface area (Å²) in [5.41, 5.74) is 2.91. The molecule has 148 valence electrons. The molecule has 0 aliphatic carbocycles. The van der Waals surface area contributed by atoms with E-state index in [2.05, 4.69) is 5.32 Å². The monoisotopic (exact) mass is 382 g/mol. The third kappa shape index (κ3) is 5.33. The summed E-state index contributed by atoms with van der Waals surface area (Å²) < 4.78 is 11.0. The second-order valence-electron chi connectivity index (χ2n) is 6.83. The highest BCUT2D eigenvalue weighted by atomic mass is 16.5. The molecule has 1 heterocycles. The highest BCUT2D eigenvalue weighted by Gasteiger charge is 2.27. The summed E-state index contributed by atoms with van der Waals surface area (Å²) in [6.45, 7) is 5.36. The molecule has 6 heteroatoms. The molecule has 1 N–H and O–H groups in total. The number of nitrogens with zero attached hydrogens (tertiary/aromatic N) is 1. The lowest BCUT2D eigenvalue weighted by Gasteiger charge is -2.33. The van der Waals surface area contributed by atoms with Crippen molar-refractivity contribution < 1.29 is 19.1 Å². The smallest absolute Gasteiger partial charge is 0.253 e. The Bertz CT molecular complexity index is 802. The van der Waals surface area contributed by atoms with Gasteiger partial charge in [-0.1, -0.05) is 29.8 Å². The molecule has 1 aliphatic heterocycles. The van der Waals surface area contributed by atoms with Gasteiger partial charge in [-0.3, -0.25) is 9.59 Å². The normalized spacial score (nSPS) is 16.7. The fraction of sp³-hybridized carbons (Fsp3) is 0.364. The highest BCUT2D eigenvalue weighted by Crippen LogP contribution is 2.19. The van der Waals surface area contributed by atoms with Crippen LogP contribution in [0.2, 0.25) is 0 Å². The van der Waals surface area contributed by atoms with Gasteiger partial charge < -0.3 is 19.7 Å². The molecule has 0 aromatic heterocycles. The first-order valence-electron chi connectivity index (χ1n) is 9.52. The minimum Gasteiger partial charge on any atom is -0.494 e. The Morgan fingerprint density at radius 3 is 2.57 bits per heavy atom. The van der Waals surface area contributed by atoms with Crippen molar-refractivity contribution >= 4 is 17.5 Å². The summed E-state index contributed by atoms with van der Waals surface area (Å²) >= 11 is 0. The van der Waals surface area contributed by atoms with Gasteiger partial charge in [0.25, 0.3) is 5.91 Å².